The summed E-state index contributed by atoms with van der Waals surface area (Å²) in [4.78, 5) is 26.5. The van der Waals surface area contributed by atoms with Gasteiger partial charge < -0.3 is 20.9 Å². The van der Waals surface area contributed by atoms with E-state index in [1.54, 1.807) is 0 Å². The van der Waals surface area contributed by atoms with Crippen LogP contribution in [0.4, 0.5) is 11.4 Å². The summed E-state index contributed by atoms with van der Waals surface area (Å²) in [6.45, 7) is 4.06. The summed E-state index contributed by atoms with van der Waals surface area (Å²) < 4.78 is 0. The molecule has 2 heterocycles. The van der Waals surface area contributed by atoms with Crippen LogP contribution >= 0.6 is 0 Å². The van der Waals surface area contributed by atoms with Gasteiger partial charge in [-0.1, -0.05) is 12.1 Å². The number of carbonyl (C=O) groups excluding carboxylic acids is 2. The van der Waals surface area contributed by atoms with Crippen molar-refractivity contribution in [3.05, 3.63) is 24.3 Å². The topological polar surface area (TPSA) is 73.5 Å². The lowest BCUT2D eigenvalue weighted by Gasteiger charge is -2.26. The SMILES string of the molecule is O=C(CC1Nc2ccccc2NC1=O)NCCCN1CCCC1. The average Bonchev–Trinajstić information content (AvgIpc) is 3.06. The van der Waals surface area contributed by atoms with E-state index in [2.05, 4.69) is 20.9 Å². The van der Waals surface area contributed by atoms with E-state index in [1.165, 1.54) is 25.9 Å². The van der Waals surface area contributed by atoms with Crippen LogP contribution in [0.25, 0.3) is 0 Å². The van der Waals surface area contributed by atoms with Crippen molar-refractivity contribution in [3.63, 3.8) is 0 Å². The van der Waals surface area contributed by atoms with E-state index in [1.807, 2.05) is 24.3 Å². The van der Waals surface area contributed by atoms with Gasteiger partial charge in [-0.15, -0.1) is 0 Å². The summed E-state index contributed by atoms with van der Waals surface area (Å²) in [7, 11) is 0. The minimum atomic E-state index is -0.511. The Kier molecular flexibility index (Phi) is 5.12. The van der Waals surface area contributed by atoms with E-state index in [0.29, 0.717) is 6.54 Å². The molecule has 0 aliphatic carbocycles. The number of nitrogens with zero attached hydrogens (tertiary/aromatic N) is 1. The summed E-state index contributed by atoms with van der Waals surface area (Å²) in [6, 6.07) is 7.00. The van der Waals surface area contributed by atoms with Crippen LogP contribution in [0.1, 0.15) is 25.7 Å². The number of anilines is 2. The third-order valence-electron chi connectivity index (χ3n) is 4.39. The van der Waals surface area contributed by atoms with Crippen LogP contribution in [0, 0.1) is 0 Å². The Morgan fingerprint density at radius 3 is 2.74 bits per heavy atom. The average molecular weight is 316 g/mol. The van der Waals surface area contributed by atoms with E-state index in [9.17, 15) is 9.59 Å². The number of fused-ring (bicyclic) bond motifs is 1. The summed E-state index contributed by atoms with van der Waals surface area (Å²) >= 11 is 0. The molecular formula is C17H24N4O2. The summed E-state index contributed by atoms with van der Waals surface area (Å²) in [5.74, 6) is -0.241. The second kappa shape index (κ2) is 7.46. The predicted octanol–water partition coefficient (Wildman–Crippen LogP) is 1.41. The van der Waals surface area contributed by atoms with E-state index in [0.717, 1.165) is 24.3 Å². The van der Waals surface area contributed by atoms with Crippen LogP contribution in [-0.4, -0.2) is 48.9 Å². The fraction of sp³-hybridized carbons (Fsp3) is 0.529. The van der Waals surface area contributed by atoms with E-state index in [4.69, 9.17) is 0 Å². The molecular weight excluding hydrogens is 292 g/mol. The van der Waals surface area contributed by atoms with Gasteiger partial charge in [-0.25, -0.2) is 0 Å². The summed E-state index contributed by atoms with van der Waals surface area (Å²) in [5.41, 5.74) is 1.62. The molecule has 0 spiro atoms. The molecule has 6 heteroatoms. The highest BCUT2D eigenvalue weighted by Gasteiger charge is 2.27. The maximum absolute atomic E-state index is 12.0. The Morgan fingerprint density at radius 1 is 1.22 bits per heavy atom. The van der Waals surface area contributed by atoms with E-state index < -0.39 is 6.04 Å². The second-order valence-corrected chi connectivity index (χ2v) is 6.19. The Morgan fingerprint density at radius 2 is 1.96 bits per heavy atom. The summed E-state index contributed by atoms with van der Waals surface area (Å²) in [6.07, 6.45) is 3.69. The third-order valence-corrected chi connectivity index (χ3v) is 4.39. The molecule has 1 fully saturated rings. The molecule has 1 unspecified atom stereocenters. The van der Waals surface area contributed by atoms with Gasteiger partial charge in [0.2, 0.25) is 11.8 Å². The molecule has 124 valence electrons. The maximum atomic E-state index is 12.0. The first-order valence-corrected chi connectivity index (χ1v) is 8.38. The fourth-order valence-corrected chi connectivity index (χ4v) is 3.13. The molecule has 1 atom stereocenters. The van der Waals surface area contributed by atoms with Crippen molar-refractivity contribution in [2.75, 3.05) is 36.8 Å². The van der Waals surface area contributed by atoms with E-state index >= 15 is 0 Å². The highest BCUT2D eigenvalue weighted by atomic mass is 16.2. The lowest BCUT2D eigenvalue weighted by Crippen LogP contribution is -2.42. The number of amides is 2. The number of carbonyl (C=O) groups is 2. The Hall–Kier alpha value is -2.08. The van der Waals surface area contributed by atoms with Gasteiger partial charge in [0, 0.05) is 6.54 Å². The molecule has 1 aromatic carbocycles. The van der Waals surface area contributed by atoms with Crippen LogP contribution in [0.2, 0.25) is 0 Å². The molecule has 0 aromatic heterocycles. The molecule has 23 heavy (non-hydrogen) atoms. The largest absolute Gasteiger partial charge is 0.372 e. The smallest absolute Gasteiger partial charge is 0.247 e. The third kappa shape index (κ3) is 4.22. The standard InChI is InChI=1S/C17H24N4O2/c22-16(18-8-5-11-21-9-3-4-10-21)12-15-17(23)20-14-7-2-1-6-13(14)19-15/h1-2,6-7,15,19H,3-5,8-12H2,(H,18,22)(H,20,23). The monoisotopic (exact) mass is 316 g/mol. The zero-order valence-corrected chi connectivity index (χ0v) is 13.3. The van der Waals surface area contributed by atoms with Gasteiger partial charge in [-0.3, -0.25) is 9.59 Å². The van der Waals surface area contributed by atoms with Gasteiger partial charge in [0.05, 0.1) is 17.8 Å². The van der Waals surface area contributed by atoms with Gasteiger partial charge >= 0.3 is 0 Å². The number of likely N-dealkylation sites (tertiary alicyclic amines) is 1. The summed E-state index contributed by atoms with van der Waals surface area (Å²) in [5, 5.41) is 8.88. The van der Waals surface area contributed by atoms with Crippen LogP contribution in [0.5, 0.6) is 0 Å². The number of hydrogen-bond donors (Lipinski definition) is 3. The minimum absolute atomic E-state index is 0.0848. The maximum Gasteiger partial charge on any atom is 0.247 e. The number of para-hydroxylation sites is 2. The van der Waals surface area contributed by atoms with Crippen molar-refractivity contribution in [1.82, 2.24) is 10.2 Å². The molecule has 2 aliphatic heterocycles. The van der Waals surface area contributed by atoms with Gasteiger partial charge in [0.25, 0.3) is 0 Å². The van der Waals surface area contributed by atoms with Crippen molar-refractivity contribution in [1.29, 1.82) is 0 Å². The Labute approximate surface area is 136 Å². The van der Waals surface area contributed by atoms with Gasteiger partial charge in [-0.2, -0.15) is 0 Å². The molecule has 6 nitrogen and oxygen atoms in total. The van der Waals surface area contributed by atoms with Gasteiger partial charge in [0.15, 0.2) is 0 Å². The molecule has 1 aromatic rings. The lowest BCUT2D eigenvalue weighted by molar-refractivity contribution is -0.125. The minimum Gasteiger partial charge on any atom is -0.372 e. The van der Waals surface area contributed by atoms with Gasteiger partial charge in [0.1, 0.15) is 6.04 Å². The second-order valence-electron chi connectivity index (χ2n) is 6.19. The first-order chi connectivity index (χ1) is 11.2. The van der Waals surface area contributed by atoms with Crippen LogP contribution in [0.3, 0.4) is 0 Å². The van der Waals surface area contributed by atoms with Gasteiger partial charge in [-0.05, 0) is 51.0 Å². The molecule has 0 bridgehead atoms. The molecule has 3 N–H and O–H groups in total. The van der Waals surface area contributed by atoms with Crippen LogP contribution in [0.15, 0.2) is 24.3 Å². The van der Waals surface area contributed by atoms with Crippen molar-refractivity contribution in [2.45, 2.75) is 31.7 Å². The Bertz CT molecular complexity index is 569. The van der Waals surface area contributed by atoms with Crippen molar-refractivity contribution >= 4 is 23.2 Å². The highest BCUT2D eigenvalue weighted by molar-refractivity contribution is 6.04. The molecule has 0 radical (unpaired) electrons. The predicted molar refractivity (Wildman–Crippen MR) is 90.4 cm³/mol. The fourth-order valence-electron chi connectivity index (χ4n) is 3.13. The van der Waals surface area contributed by atoms with Crippen molar-refractivity contribution in [2.24, 2.45) is 0 Å². The van der Waals surface area contributed by atoms with Crippen LogP contribution in [-0.2, 0) is 9.59 Å². The van der Waals surface area contributed by atoms with Crippen LogP contribution < -0.4 is 16.0 Å². The Balaban J connectivity index is 1.40. The lowest BCUT2D eigenvalue weighted by atomic mass is 10.1. The number of benzene rings is 1. The zero-order chi connectivity index (χ0) is 16.1. The molecule has 2 amide bonds. The zero-order valence-electron chi connectivity index (χ0n) is 13.3. The first kappa shape index (κ1) is 15.8. The molecule has 3 rings (SSSR count). The first-order valence-electron chi connectivity index (χ1n) is 8.38. The van der Waals surface area contributed by atoms with Crippen molar-refractivity contribution in [3.8, 4) is 0 Å². The van der Waals surface area contributed by atoms with E-state index in [-0.39, 0.29) is 18.2 Å². The normalized spacial score (nSPS) is 20.5. The van der Waals surface area contributed by atoms with Crippen molar-refractivity contribution < 1.29 is 9.59 Å². The number of nitrogens with one attached hydrogen (secondary N) is 3. The molecule has 2 aliphatic rings. The quantitative estimate of drug-likeness (QED) is 0.694. The molecule has 1 saturated heterocycles. The number of rotatable bonds is 6. The highest BCUT2D eigenvalue weighted by Crippen LogP contribution is 2.26. The molecule has 0 saturated carbocycles. The number of hydrogen-bond acceptors (Lipinski definition) is 4.